The number of urea groups is 1. The van der Waals surface area contributed by atoms with Crippen molar-refractivity contribution < 1.29 is 17.9 Å². The lowest BCUT2D eigenvalue weighted by Gasteiger charge is -2.22. The van der Waals surface area contributed by atoms with Crippen LogP contribution >= 0.6 is 0 Å². The molecule has 0 spiro atoms. The fraction of sp³-hybridized carbons (Fsp3) is 0.174. The van der Waals surface area contributed by atoms with Crippen LogP contribution in [0.15, 0.2) is 84.9 Å². The van der Waals surface area contributed by atoms with Gasteiger partial charge in [0.25, 0.3) is 0 Å². The Labute approximate surface area is 182 Å². The first-order valence-electron chi connectivity index (χ1n) is 9.77. The maximum Gasteiger partial charge on any atom is 0.333 e. The molecule has 0 fully saturated rings. The lowest BCUT2D eigenvalue weighted by Crippen LogP contribution is -2.45. The van der Waals surface area contributed by atoms with Crippen molar-refractivity contribution in [3.05, 3.63) is 96.1 Å². The molecule has 0 atom stereocenters. The second kappa shape index (κ2) is 10.6. The fourth-order valence-electron chi connectivity index (χ4n) is 2.98. The van der Waals surface area contributed by atoms with Crippen molar-refractivity contribution in [1.82, 2.24) is 9.03 Å². The highest BCUT2D eigenvalue weighted by molar-refractivity contribution is 7.87. The zero-order valence-electron chi connectivity index (χ0n) is 17.2. The van der Waals surface area contributed by atoms with Gasteiger partial charge in [0.2, 0.25) is 0 Å². The Morgan fingerprint density at radius 1 is 0.871 bits per heavy atom. The Morgan fingerprint density at radius 3 is 2.03 bits per heavy atom. The minimum Gasteiger partial charge on any atom is -0.497 e. The summed E-state index contributed by atoms with van der Waals surface area (Å²) >= 11 is 0. The van der Waals surface area contributed by atoms with E-state index in [0.717, 1.165) is 11.1 Å². The minimum atomic E-state index is -4.08. The van der Waals surface area contributed by atoms with Crippen LogP contribution in [0.4, 0.5) is 10.5 Å². The summed E-state index contributed by atoms with van der Waals surface area (Å²) < 4.78 is 34.4. The van der Waals surface area contributed by atoms with E-state index in [1.54, 1.807) is 31.4 Å². The van der Waals surface area contributed by atoms with Crippen molar-refractivity contribution in [2.45, 2.75) is 13.0 Å². The Kier molecular flexibility index (Phi) is 7.64. The maximum absolute atomic E-state index is 13.0. The first kappa shape index (κ1) is 22.3. The first-order chi connectivity index (χ1) is 15.0. The monoisotopic (exact) mass is 439 g/mol. The molecule has 0 aliphatic heterocycles. The molecule has 31 heavy (non-hydrogen) atoms. The summed E-state index contributed by atoms with van der Waals surface area (Å²) in [5, 5.41) is 2.53. The minimum absolute atomic E-state index is 0.152. The van der Waals surface area contributed by atoms with Gasteiger partial charge >= 0.3 is 16.2 Å². The number of nitrogens with one attached hydrogen (secondary N) is 2. The normalized spacial score (nSPS) is 11.2. The van der Waals surface area contributed by atoms with Crippen LogP contribution in [-0.4, -0.2) is 32.4 Å². The summed E-state index contributed by atoms with van der Waals surface area (Å²) in [5.41, 5.74) is 2.29. The van der Waals surface area contributed by atoms with Crippen LogP contribution < -0.4 is 14.8 Å². The third-order valence-electron chi connectivity index (χ3n) is 4.60. The standard InChI is InChI=1S/C23H25N3O4S/c1-30-22-14-12-21(13-15-22)24-23(27)25-31(28,29)26(18-20-10-6-3-7-11-20)17-16-19-8-4-2-5-9-19/h2-15H,16-18H2,1H3,(H2,24,25,27). The van der Waals surface area contributed by atoms with Gasteiger partial charge in [-0.25, -0.2) is 9.52 Å². The van der Waals surface area contributed by atoms with Crippen LogP contribution in [0.3, 0.4) is 0 Å². The molecule has 0 heterocycles. The van der Waals surface area contributed by atoms with Crippen LogP contribution in [0.5, 0.6) is 5.75 Å². The van der Waals surface area contributed by atoms with Gasteiger partial charge in [-0.15, -0.1) is 0 Å². The van der Waals surface area contributed by atoms with Crippen molar-refractivity contribution in [1.29, 1.82) is 0 Å². The quantitative estimate of drug-likeness (QED) is 0.531. The molecule has 0 saturated carbocycles. The van der Waals surface area contributed by atoms with Gasteiger partial charge in [-0.05, 0) is 41.8 Å². The summed E-state index contributed by atoms with van der Waals surface area (Å²) in [6.07, 6.45) is 0.523. The largest absolute Gasteiger partial charge is 0.497 e. The molecule has 0 saturated heterocycles. The molecule has 8 heteroatoms. The third-order valence-corrected chi connectivity index (χ3v) is 6.04. The van der Waals surface area contributed by atoms with E-state index in [1.807, 2.05) is 60.7 Å². The van der Waals surface area contributed by atoms with E-state index in [4.69, 9.17) is 4.74 Å². The van der Waals surface area contributed by atoms with Crippen molar-refractivity contribution in [3.8, 4) is 5.75 Å². The van der Waals surface area contributed by atoms with Gasteiger partial charge in [0, 0.05) is 18.8 Å². The van der Waals surface area contributed by atoms with Gasteiger partial charge < -0.3 is 10.1 Å². The van der Waals surface area contributed by atoms with Gasteiger partial charge in [-0.1, -0.05) is 60.7 Å². The number of anilines is 1. The van der Waals surface area contributed by atoms with Crippen molar-refractivity contribution in [2.75, 3.05) is 19.0 Å². The third kappa shape index (κ3) is 6.84. The maximum atomic E-state index is 13.0. The van der Waals surface area contributed by atoms with Crippen LogP contribution in [0.1, 0.15) is 11.1 Å². The first-order valence-corrected chi connectivity index (χ1v) is 11.2. The number of hydrogen-bond acceptors (Lipinski definition) is 4. The van der Waals surface area contributed by atoms with Gasteiger partial charge in [0.1, 0.15) is 5.75 Å². The predicted molar refractivity (Wildman–Crippen MR) is 121 cm³/mol. The van der Waals surface area contributed by atoms with E-state index in [1.165, 1.54) is 4.31 Å². The molecule has 0 unspecified atom stereocenters. The molecule has 7 nitrogen and oxygen atoms in total. The Hall–Kier alpha value is -3.36. The SMILES string of the molecule is COc1ccc(NC(=O)NS(=O)(=O)N(CCc2ccccc2)Cc2ccccc2)cc1. The fourth-order valence-corrected chi connectivity index (χ4v) is 4.05. The Balaban J connectivity index is 1.70. The van der Waals surface area contributed by atoms with E-state index < -0.39 is 16.2 Å². The van der Waals surface area contributed by atoms with Gasteiger partial charge in [0.15, 0.2) is 0 Å². The predicted octanol–water partition coefficient (Wildman–Crippen LogP) is 3.81. The molecular formula is C23H25N3O4S. The zero-order valence-corrected chi connectivity index (χ0v) is 18.0. The van der Waals surface area contributed by atoms with E-state index >= 15 is 0 Å². The van der Waals surface area contributed by atoms with Crippen LogP contribution in [0.2, 0.25) is 0 Å². The summed E-state index contributed by atoms with van der Waals surface area (Å²) in [6, 6.07) is 24.6. The average molecular weight is 440 g/mol. The highest BCUT2D eigenvalue weighted by Crippen LogP contribution is 2.15. The molecular weight excluding hydrogens is 414 g/mol. The number of nitrogens with zero attached hydrogens (tertiary/aromatic N) is 1. The average Bonchev–Trinajstić information content (AvgIpc) is 2.78. The molecule has 2 N–H and O–H groups in total. The molecule has 0 radical (unpaired) electrons. The van der Waals surface area contributed by atoms with Crippen LogP contribution in [-0.2, 0) is 23.2 Å². The number of benzene rings is 3. The topological polar surface area (TPSA) is 87.7 Å². The molecule has 2 amide bonds. The van der Waals surface area contributed by atoms with Crippen LogP contribution in [0.25, 0.3) is 0 Å². The molecule has 3 aromatic rings. The lowest BCUT2D eigenvalue weighted by atomic mass is 10.1. The molecule has 162 valence electrons. The molecule has 3 aromatic carbocycles. The molecule has 0 aliphatic carbocycles. The summed E-state index contributed by atoms with van der Waals surface area (Å²) in [6.45, 7) is 0.378. The van der Waals surface area contributed by atoms with Gasteiger partial charge in [-0.3, -0.25) is 0 Å². The molecule has 0 aromatic heterocycles. The highest BCUT2D eigenvalue weighted by atomic mass is 32.2. The smallest absolute Gasteiger partial charge is 0.333 e. The lowest BCUT2D eigenvalue weighted by molar-refractivity contribution is 0.255. The molecule has 3 rings (SSSR count). The van der Waals surface area contributed by atoms with Crippen molar-refractivity contribution in [2.24, 2.45) is 0 Å². The number of carbonyl (C=O) groups is 1. The summed E-state index contributed by atoms with van der Waals surface area (Å²) in [5.74, 6) is 0.633. The number of amides is 2. The summed E-state index contributed by atoms with van der Waals surface area (Å²) in [7, 11) is -2.54. The van der Waals surface area contributed by atoms with Crippen molar-refractivity contribution >= 4 is 21.9 Å². The van der Waals surface area contributed by atoms with E-state index in [9.17, 15) is 13.2 Å². The van der Waals surface area contributed by atoms with Crippen LogP contribution in [0, 0.1) is 0 Å². The number of rotatable bonds is 9. The second-order valence-corrected chi connectivity index (χ2v) is 8.52. The number of carbonyl (C=O) groups excluding carboxylic acids is 1. The molecule has 0 bridgehead atoms. The number of methoxy groups -OCH3 is 1. The zero-order chi connectivity index (χ0) is 22.1. The van der Waals surface area contributed by atoms with E-state index in [2.05, 4.69) is 10.0 Å². The van der Waals surface area contributed by atoms with Crippen molar-refractivity contribution in [3.63, 3.8) is 0 Å². The van der Waals surface area contributed by atoms with Gasteiger partial charge in [-0.2, -0.15) is 12.7 Å². The highest BCUT2D eigenvalue weighted by Gasteiger charge is 2.24. The summed E-state index contributed by atoms with van der Waals surface area (Å²) in [4.78, 5) is 12.4. The second-order valence-electron chi connectivity index (χ2n) is 6.84. The Morgan fingerprint density at radius 2 is 1.45 bits per heavy atom. The Bertz CT molecular complexity index is 1070. The number of hydrogen-bond donors (Lipinski definition) is 2. The van der Waals surface area contributed by atoms with E-state index in [-0.39, 0.29) is 13.1 Å². The van der Waals surface area contributed by atoms with E-state index in [0.29, 0.717) is 17.9 Å². The van der Waals surface area contributed by atoms with Gasteiger partial charge in [0.05, 0.1) is 7.11 Å². The number of ether oxygens (including phenoxy) is 1. The molecule has 0 aliphatic rings.